The average molecular weight is 255 g/mol. The summed E-state index contributed by atoms with van der Waals surface area (Å²) in [6.45, 7) is 1.43. The maximum atomic E-state index is 12.0. The molecule has 0 amide bonds. The summed E-state index contributed by atoms with van der Waals surface area (Å²) in [5, 5.41) is 8.87. The van der Waals surface area contributed by atoms with E-state index in [-0.39, 0.29) is 6.61 Å². The topological polar surface area (TPSA) is 66.4 Å². The smallest absolute Gasteiger partial charge is 0.240 e. The van der Waals surface area contributed by atoms with Crippen molar-refractivity contribution in [3.05, 3.63) is 29.3 Å². The number of sulfonamides is 1. The number of aryl methyl sites for hydroxylation is 2. The second-order valence-corrected chi connectivity index (χ2v) is 6.20. The minimum absolute atomic E-state index is 0.204. The van der Waals surface area contributed by atoms with Gasteiger partial charge in [0.1, 0.15) is 0 Å². The van der Waals surface area contributed by atoms with Crippen LogP contribution in [-0.4, -0.2) is 26.2 Å². The van der Waals surface area contributed by atoms with E-state index in [0.717, 1.165) is 24.8 Å². The van der Waals surface area contributed by atoms with Gasteiger partial charge in [-0.25, -0.2) is 13.1 Å². The molecule has 1 aliphatic rings. The summed E-state index contributed by atoms with van der Waals surface area (Å²) in [4.78, 5) is 0.290. The molecule has 1 aromatic carbocycles. The Kier molecular flexibility index (Phi) is 3.51. The lowest BCUT2D eigenvalue weighted by Crippen LogP contribution is -2.35. The molecule has 0 bridgehead atoms. The third-order valence-corrected chi connectivity index (χ3v) is 4.60. The molecule has 0 heterocycles. The second kappa shape index (κ2) is 4.76. The van der Waals surface area contributed by atoms with Crippen LogP contribution in [0.5, 0.6) is 0 Å². The number of benzene rings is 1. The highest BCUT2D eigenvalue weighted by Gasteiger charge is 2.19. The molecule has 1 aromatic rings. The van der Waals surface area contributed by atoms with Crippen LogP contribution < -0.4 is 4.72 Å². The van der Waals surface area contributed by atoms with E-state index in [2.05, 4.69) is 4.72 Å². The molecule has 2 N–H and O–H groups in total. The molecule has 0 fully saturated rings. The fourth-order valence-corrected chi connectivity index (χ4v) is 3.37. The van der Waals surface area contributed by atoms with Crippen molar-refractivity contribution in [2.45, 2.75) is 37.1 Å². The van der Waals surface area contributed by atoms with E-state index in [9.17, 15) is 8.42 Å². The van der Waals surface area contributed by atoms with Crippen molar-refractivity contribution < 1.29 is 13.5 Å². The van der Waals surface area contributed by atoms with Crippen molar-refractivity contribution in [2.24, 2.45) is 0 Å². The maximum Gasteiger partial charge on any atom is 0.240 e. The molecular weight excluding hydrogens is 238 g/mol. The number of nitrogens with one attached hydrogen (secondary N) is 1. The maximum absolute atomic E-state index is 12.0. The van der Waals surface area contributed by atoms with Crippen LogP contribution in [0.4, 0.5) is 0 Å². The second-order valence-electron chi connectivity index (χ2n) is 4.49. The van der Waals surface area contributed by atoms with Crippen LogP contribution in [0.15, 0.2) is 23.1 Å². The van der Waals surface area contributed by atoms with Gasteiger partial charge in [-0.2, -0.15) is 0 Å². The summed E-state index contributed by atoms with van der Waals surface area (Å²) < 4.78 is 26.4. The van der Waals surface area contributed by atoms with E-state index in [0.29, 0.717) is 4.90 Å². The standard InChI is InChI=1S/C12H17NO3S/c1-9(8-14)13-17(15,16)12-6-5-10-3-2-4-11(10)7-12/h5-7,9,13-14H,2-4,8H2,1H3/t9-/m0/s1. The normalized spacial score (nSPS) is 16.8. The van der Waals surface area contributed by atoms with Crippen molar-refractivity contribution in [1.82, 2.24) is 4.72 Å². The van der Waals surface area contributed by atoms with E-state index >= 15 is 0 Å². The molecule has 1 atom stereocenters. The van der Waals surface area contributed by atoms with Gasteiger partial charge < -0.3 is 5.11 Å². The number of hydrogen-bond donors (Lipinski definition) is 2. The molecule has 2 rings (SSSR count). The highest BCUT2D eigenvalue weighted by atomic mass is 32.2. The lowest BCUT2D eigenvalue weighted by molar-refractivity contribution is 0.265. The Morgan fingerprint density at radius 3 is 2.76 bits per heavy atom. The molecule has 94 valence electrons. The monoisotopic (exact) mass is 255 g/mol. The van der Waals surface area contributed by atoms with E-state index in [1.807, 2.05) is 6.07 Å². The molecule has 5 heteroatoms. The van der Waals surface area contributed by atoms with Gasteiger partial charge in [-0.15, -0.1) is 0 Å². The molecule has 0 saturated heterocycles. The van der Waals surface area contributed by atoms with Gasteiger partial charge in [-0.1, -0.05) is 6.07 Å². The summed E-state index contributed by atoms with van der Waals surface area (Å²) in [5.74, 6) is 0. The molecule has 0 saturated carbocycles. The zero-order valence-corrected chi connectivity index (χ0v) is 10.6. The molecule has 17 heavy (non-hydrogen) atoms. The van der Waals surface area contributed by atoms with Crippen LogP contribution >= 0.6 is 0 Å². The highest BCUT2D eigenvalue weighted by Crippen LogP contribution is 2.24. The first-order valence-electron chi connectivity index (χ1n) is 5.78. The Labute approximate surface area is 102 Å². The molecule has 1 aliphatic carbocycles. The molecular formula is C12H17NO3S. The van der Waals surface area contributed by atoms with Crippen molar-refractivity contribution in [3.8, 4) is 0 Å². The predicted molar refractivity (Wildman–Crippen MR) is 65.3 cm³/mol. The fourth-order valence-electron chi connectivity index (χ4n) is 2.09. The van der Waals surface area contributed by atoms with Gasteiger partial charge in [0.05, 0.1) is 11.5 Å². The summed E-state index contributed by atoms with van der Waals surface area (Å²) in [6, 6.07) is 4.81. The fraction of sp³-hybridized carbons (Fsp3) is 0.500. The van der Waals surface area contributed by atoms with Crippen molar-refractivity contribution in [1.29, 1.82) is 0 Å². The quantitative estimate of drug-likeness (QED) is 0.837. The van der Waals surface area contributed by atoms with Crippen LogP contribution in [0.3, 0.4) is 0 Å². The van der Waals surface area contributed by atoms with Gasteiger partial charge in [0, 0.05) is 6.04 Å². The molecule has 0 radical (unpaired) electrons. The minimum Gasteiger partial charge on any atom is -0.395 e. The molecule has 0 spiro atoms. The van der Waals surface area contributed by atoms with Gasteiger partial charge in [0.15, 0.2) is 0 Å². The van der Waals surface area contributed by atoms with Crippen LogP contribution in [0.1, 0.15) is 24.5 Å². The van der Waals surface area contributed by atoms with Gasteiger partial charge in [0.2, 0.25) is 10.0 Å². The van der Waals surface area contributed by atoms with Gasteiger partial charge in [0.25, 0.3) is 0 Å². The minimum atomic E-state index is -3.50. The number of aliphatic hydroxyl groups excluding tert-OH is 1. The van der Waals surface area contributed by atoms with Crippen molar-refractivity contribution >= 4 is 10.0 Å². The van der Waals surface area contributed by atoms with Crippen molar-refractivity contribution in [2.75, 3.05) is 6.61 Å². The first kappa shape index (κ1) is 12.5. The highest BCUT2D eigenvalue weighted by molar-refractivity contribution is 7.89. The summed E-state index contributed by atoms with van der Waals surface area (Å²) in [6.07, 6.45) is 3.09. The number of aliphatic hydroxyl groups is 1. The van der Waals surface area contributed by atoms with E-state index in [4.69, 9.17) is 5.11 Å². The Bertz CT molecular complexity index is 510. The molecule has 4 nitrogen and oxygen atoms in total. The van der Waals surface area contributed by atoms with E-state index < -0.39 is 16.1 Å². The lowest BCUT2D eigenvalue weighted by atomic mass is 10.1. The van der Waals surface area contributed by atoms with E-state index in [1.54, 1.807) is 19.1 Å². The van der Waals surface area contributed by atoms with Crippen LogP contribution in [0.2, 0.25) is 0 Å². The van der Waals surface area contributed by atoms with Crippen LogP contribution in [0, 0.1) is 0 Å². The van der Waals surface area contributed by atoms with Crippen LogP contribution in [-0.2, 0) is 22.9 Å². The van der Waals surface area contributed by atoms with E-state index in [1.165, 1.54) is 5.56 Å². The SMILES string of the molecule is C[C@@H](CO)NS(=O)(=O)c1ccc2c(c1)CCC2. The number of hydrogen-bond acceptors (Lipinski definition) is 3. The Hall–Kier alpha value is -0.910. The number of fused-ring (bicyclic) bond motifs is 1. The third-order valence-electron chi connectivity index (χ3n) is 3.01. The third kappa shape index (κ3) is 2.68. The Balaban J connectivity index is 2.28. The summed E-state index contributed by atoms with van der Waals surface area (Å²) in [5.41, 5.74) is 2.38. The predicted octanol–water partition coefficient (Wildman–Crippen LogP) is 0.834. The molecule has 0 unspecified atom stereocenters. The largest absolute Gasteiger partial charge is 0.395 e. The van der Waals surface area contributed by atoms with Gasteiger partial charge in [-0.05, 0) is 49.4 Å². The number of rotatable bonds is 4. The summed E-state index contributed by atoms with van der Waals surface area (Å²) >= 11 is 0. The van der Waals surface area contributed by atoms with Gasteiger partial charge >= 0.3 is 0 Å². The zero-order valence-electron chi connectivity index (χ0n) is 9.81. The van der Waals surface area contributed by atoms with Crippen molar-refractivity contribution in [3.63, 3.8) is 0 Å². The zero-order chi connectivity index (χ0) is 12.5. The summed E-state index contributed by atoms with van der Waals surface area (Å²) in [7, 11) is -3.50. The van der Waals surface area contributed by atoms with Gasteiger partial charge in [-0.3, -0.25) is 0 Å². The first-order valence-corrected chi connectivity index (χ1v) is 7.26. The average Bonchev–Trinajstić information content (AvgIpc) is 2.75. The Morgan fingerprint density at radius 1 is 1.35 bits per heavy atom. The first-order chi connectivity index (χ1) is 8.03. The molecule has 0 aliphatic heterocycles. The Morgan fingerprint density at radius 2 is 2.06 bits per heavy atom. The molecule has 0 aromatic heterocycles. The van der Waals surface area contributed by atoms with Crippen LogP contribution in [0.25, 0.3) is 0 Å². The lowest BCUT2D eigenvalue weighted by Gasteiger charge is -2.12.